The molecular formula is C20H32ClNO2. The van der Waals surface area contributed by atoms with Crippen LogP contribution in [0, 0.1) is 0 Å². The first-order valence-corrected chi connectivity index (χ1v) is 9.33. The van der Waals surface area contributed by atoms with Gasteiger partial charge in [0.1, 0.15) is 0 Å². The highest BCUT2D eigenvalue weighted by Crippen LogP contribution is 2.29. The fourth-order valence-corrected chi connectivity index (χ4v) is 3.43. The van der Waals surface area contributed by atoms with Gasteiger partial charge in [-0.05, 0) is 30.5 Å². The van der Waals surface area contributed by atoms with Gasteiger partial charge >= 0.3 is 5.97 Å². The highest BCUT2D eigenvalue weighted by Gasteiger charge is 2.21. The summed E-state index contributed by atoms with van der Waals surface area (Å²) in [5.74, 6) is -0.850. The lowest BCUT2D eigenvalue weighted by atomic mass is 10.0. The quantitative estimate of drug-likeness (QED) is 0.475. The van der Waals surface area contributed by atoms with E-state index in [0.29, 0.717) is 11.6 Å². The molecular weight excluding hydrogens is 322 g/mol. The second-order valence-electron chi connectivity index (χ2n) is 6.84. The highest BCUT2D eigenvalue weighted by molar-refractivity contribution is 5.89. The van der Waals surface area contributed by atoms with Crippen molar-refractivity contribution >= 4 is 24.1 Å². The Hall–Kier alpha value is -1.22. The van der Waals surface area contributed by atoms with Crippen molar-refractivity contribution in [3.05, 3.63) is 29.3 Å². The van der Waals surface area contributed by atoms with E-state index in [1.165, 1.54) is 69.8 Å². The fraction of sp³-hybridized carbons (Fsp3) is 0.650. The molecule has 0 saturated carbocycles. The summed E-state index contributed by atoms with van der Waals surface area (Å²) in [5, 5.41) is 12.5. The Morgan fingerprint density at radius 1 is 1.08 bits per heavy atom. The first-order chi connectivity index (χ1) is 11.2. The molecule has 0 fully saturated rings. The number of halogens is 1. The number of hydrogen-bond acceptors (Lipinski definition) is 2. The van der Waals surface area contributed by atoms with E-state index < -0.39 is 5.97 Å². The molecule has 0 amide bonds. The van der Waals surface area contributed by atoms with Crippen molar-refractivity contribution in [1.82, 2.24) is 0 Å². The van der Waals surface area contributed by atoms with E-state index in [9.17, 15) is 4.79 Å². The highest BCUT2D eigenvalue weighted by atomic mass is 35.5. The molecule has 1 aromatic rings. The first kappa shape index (κ1) is 20.8. The zero-order valence-electron chi connectivity index (χ0n) is 14.9. The first-order valence-electron chi connectivity index (χ1n) is 9.33. The Labute approximate surface area is 152 Å². The van der Waals surface area contributed by atoms with Crippen LogP contribution >= 0.6 is 12.4 Å². The van der Waals surface area contributed by atoms with Crippen LogP contribution in [-0.4, -0.2) is 17.1 Å². The summed E-state index contributed by atoms with van der Waals surface area (Å²) in [5.41, 5.74) is 2.65. The van der Waals surface area contributed by atoms with Crippen molar-refractivity contribution in [3.63, 3.8) is 0 Å². The Kier molecular flexibility index (Phi) is 9.85. The largest absolute Gasteiger partial charge is 0.478 e. The minimum absolute atomic E-state index is 0. The number of anilines is 1. The number of hydrogen-bond donors (Lipinski definition) is 2. The number of carboxylic acid groups (broad SMARTS) is 1. The minimum atomic E-state index is -0.850. The summed E-state index contributed by atoms with van der Waals surface area (Å²) in [6, 6.07) is 5.93. The molecule has 24 heavy (non-hydrogen) atoms. The van der Waals surface area contributed by atoms with Gasteiger partial charge in [0.25, 0.3) is 0 Å². The third kappa shape index (κ3) is 6.72. The van der Waals surface area contributed by atoms with Crippen LogP contribution in [0.2, 0.25) is 0 Å². The van der Waals surface area contributed by atoms with E-state index in [4.69, 9.17) is 5.11 Å². The van der Waals surface area contributed by atoms with E-state index in [1.54, 1.807) is 12.1 Å². The van der Waals surface area contributed by atoms with Gasteiger partial charge in [-0.15, -0.1) is 12.4 Å². The standard InChI is InChI=1S/C20H31NO2.ClH/c1-2-3-4-5-6-7-8-9-10-11-18-14-16-12-13-17(20(22)23)15-19(16)21-18;/h12-13,15,18,21H,2-11,14H2,1H3,(H,22,23);1H. The van der Waals surface area contributed by atoms with Crippen molar-refractivity contribution in [2.45, 2.75) is 83.6 Å². The molecule has 0 radical (unpaired) electrons. The summed E-state index contributed by atoms with van der Waals surface area (Å²) >= 11 is 0. The number of nitrogens with one attached hydrogen (secondary N) is 1. The summed E-state index contributed by atoms with van der Waals surface area (Å²) < 4.78 is 0. The van der Waals surface area contributed by atoms with Crippen LogP contribution in [0.4, 0.5) is 5.69 Å². The zero-order chi connectivity index (χ0) is 16.5. The SMILES string of the molecule is CCCCCCCCCCCC1Cc2ccc(C(=O)O)cc2N1.Cl. The lowest BCUT2D eigenvalue weighted by Gasteiger charge is -2.11. The molecule has 4 heteroatoms. The van der Waals surface area contributed by atoms with E-state index in [2.05, 4.69) is 12.2 Å². The van der Waals surface area contributed by atoms with Gasteiger partial charge in [-0.3, -0.25) is 0 Å². The van der Waals surface area contributed by atoms with Crippen LogP contribution in [0.1, 0.15) is 87.1 Å². The Bertz CT molecular complexity index is 504. The molecule has 0 bridgehead atoms. The van der Waals surface area contributed by atoms with Crippen molar-refractivity contribution < 1.29 is 9.90 Å². The maximum atomic E-state index is 11.0. The summed E-state index contributed by atoms with van der Waals surface area (Å²) in [4.78, 5) is 11.0. The van der Waals surface area contributed by atoms with Gasteiger partial charge in [0.05, 0.1) is 5.56 Å². The molecule has 0 saturated heterocycles. The molecule has 1 heterocycles. The number of rotatable bonds is 11. The smallest absolute Gasteiger partial charge is 0.335 e. The monoisotopic (exact) mass is 353 g/mol. The van der Waals surface area contributed by atoms with Crippen molar-refractivity contribution in [1.29, 1.82) is 0 Å². The molecule has 1 aromatic carbocycles. The van der Waals surface area contributed by atoms with Gasteiger partial charge in [-0.2, -0.15) is 0 Å². The Morgan fingerprint density at radius 3 is 2.33 bits per heavy atom. The van der Waals surface area contributed by atoms with E-state index in [1.807, 2.05) is 6.07 Å². The van der Waals surface area contributed by atoms with Crippen molar-refractivity contribution in [3.8, 4) is 0 Å². The molecule has 1 aliphatic heterocycles. The van der Waals surface area contributed by atoms with Gasteiger partial charge < -0.3 is 10.4 Å². The topological polar surface area (TPSA) is 49.3 Å². The predicted octanol–water partition coefficient (Wildman–Crippen LogP) is 6.06. The second-order valence-corrected chi connectivity index (χ2v) is 6.84. The predicted molar refractivity (Wildman–Crippen MR) is 104 cm³/mol. The van der Waals surface area contributed by atoms with Gasteiger partial charge in [-0.25, -0.2) is 4.79 Å². The molecule has 3 nitrogen and oxygen atoms in total. The number of carbonyl (C=O) groups is 1. The molecule has 2 N–H and O–H groups in total. The van der Waals surface area contributed by atoms with Crippen molar-refractivity contribution in [2.24, 2.45) is 0 Å². The minimum Gasteiger partial charge on any atom is -0.478 e. The van der Waals surface area contributed by atoms with Gasteiger partial charge in [0.2, 0.25) is 0 Å². The average molecular weight is 354 g/mol. The van der Waals surface area contributed by atoms with Crippen LogP contribution in [0.15, 0.2) is 18.2 Å². The number of carboxylic acids is 1. The van der Waals surface area contributed by atoms with Crippen LogP contribution in [0.25, 0.3) is 0 Å². The lowest BCUT2D eigenvalue weighted by Crippen LogP contribution is -2.14. The van der Waals surface area contributed by atoms with Gasteiger partial charge in [0.15, 0.2) is 0 Å². The fourth-order valence-electron chi connectivity index (χ4n) is 3.43. The average Bonchev–Trinajstić information content (AvgIpc) is 2.95. The molecule has 2 rings (SSSR count). The maximum Gasteiger partial charge on any atom is 0.335 e. The molecule has 0 aliphatic carbocycles. The van der Waals surface area contributed by atoms with Gasteiger partial charge in [-0.1, -0.05) is 70.8 Å². The van der Waals surface area contributed by atoms with Crippen LogP contribution in [-0.2, 0) is 6.42 Å². The Morgan fingerprint density at radius 2 is 1.71 bits per heavy atom. The summed E-state index contributed by atoms with van der Waals surface area (Å²) in [7, 11) is 0. The third-order valence-electron chi connectivity index (χ3n) is 4.84. The second kappa shape index (κ2) is 11.4. The molecule has 0 spiro atoms. The van der Waals surface area contributed by atoms with Gasteiger partial charge in [0, 0.05) is 11.7 Å². The molecule has 1 atom stereocenters. The molecule has 0 aromatic heterocycles. The summed E-state index contributed by atoms with van der Waals surface area (Å²) in [6.07, 6.45) is 14.5. The number of fused-ring (bicyclic) bond motifs is 1. The molecule has 1 aliphatic rings. The summed E-state index contributed by atoms with van der Waals surface area (Å²) in [6.45, 7) is 2.26. The molecule has 1 unspecified atom stereocenters. The van der Waals surface area contributed by atoms with Crippen LogP contribution in [0.5, 0.6) is 0 Å². The van der Waals surface area contributed by atoms with Crippen molar-refractivity contribution in [2.75, 3.05) is 5.32 Å². The van der Waals surface area contributed by atoms with Crippen LogP contribution in [0.3, 0.4) is 0 Å². The van der Waals surface area contributed by atoms with E-state index in [-0.39, 0.29) is 12.4 Å². The van der Waals surface area contributed by atoms with E-state index in [0.717, 1.165) is 12.1 Å². The lowest BCUT2D eigenvalue weighted by molar-refractivity contribution is 0.0697. The maximum absolute atomic E-state index is 11.0. The number of benzene rings is 1. The molecule has 136 valence electrons. The third-order valence-corrected chi connectivity index (χ3v) is 4.84. The number of unbranched alkanes of at least 4 members (excludes halogenated alkanes) is 8. The van der Waals surface area contributed by atoms with Crippen LogP contribution < -0.4 is 5.32 Å². The van der Waals surface area contributed by atoms with E-state index >= 15 is 0 Å². The number of aromatic carboxylic acids is 1. The zero-order valence-corrected chi connectivity index (χ0v) is 15.7. The normalized spacial score (nSPS) is 15.5. The Balaban J connectivity index is 0.00000288.